The number of anilines is 1. The van der Waals surface area contributed by atoms with Crippen LogP contribution in [0.2, 0.25) is 0 Å². The van der Waals surface area contributed by atoms with Crippen LogP contribution in [0.4, 0.5) is 5.69 Å². The van der Waals surface area contributed by atoms with Crippen LogP contribution in [0.5, 0.6) is 0 Å². The van der Waals surface area contributed by atoms with Crippen molar-refractivity contribution in [1.82, 2.24) is 4.98 Å². The first-order valence-electron chi connectivity index (χ1n) is 5.67. The monoisotopic (exact) mass is 368 g/mol. The number of aromatic nitrogens is 1. The third kappa shape index (κ3) is 3.33. The summed E-state index contributed by atoms with van der Waals surface area (Å²) in [5.41, 5.74) is 4.49. The molecule has 0 aliphatic rings. The van der Waals surface area contributed by atoms with Gasteiger partial charge < -0.3 is 5.32 Å². The molecule has 0 radical (unpaired) electrons. The quantitative estimate of drug-likeness (QED) is 0.837. The fraction of sp³-hybridized carbons (Fsp3) is 0.214. The maximum absolute atomic E-state index is 4.29. The van der Waals surface area contributed by atoms with Gasteiger partial charge in [0.1, 0.15) is 0 Å². The van der Waals surface area contributed by atoms with E-state index in [4.69, 9.17) is 0 Å². The van der Waals surface area contributed by atoms with Crippen LogP contribution in [0.15, 0.2) is 39.4 Å². The van der Waals surface area contributed by atoms with Gasteiger partial charge in [-0.15, -0.1) is 0 Å². The predicted octanol–water partition coefficient (Wildman–Crippen LogP) is 4.84. The maximum Gasteiger partial charge on any atom is 0.0631 e. The third-order valence-corrected chi connectivity index (χ3v) is 3.88. The van der Waals surface area contributed by atoms with Crippen LogP contribution in [0.1, 0.15) is 16.8 Å². The Hall–Kier alpha value is -0.870. The standard InChI is InChI=1S/C14H14Br2N2/c1-9-5-12(15)14(13(16)6-9)18-8-11-4-3-10(2)17-7-11/h3-7,18H,8H2,1-2H3. The Labute approximate surface area is 124 Å². The first-order chi connectivity index (χ1) is 8.56. The lowest BCUT2D eigenvalue weighted by Gasteiger charge is -2.12. The van der Waals surface area contributed by atoms with Crippen molar-refractivity contribution in [2.24, 2.45) is 0 Å². The highest BCUT2D eigenvalue weighted by atomic mass is 79.9. The number of pyridine rings is 1. The molecule has 0 aliphatic heterocycles. The van der Waals surface area contributed by atoms with Crippen LogP contribution in [-0.4, -0.2) is 4.98 Å². The van der Waals surface area contributed by atoms with Gasteiger partial charge in [0.2, 0.25) is 0 Å². The van der Waals surface area contributed by atoms with Crippen molar-refractivity contribution >= 4 is 37.5 Å². The van der Waals surface area contributed by atoms with E-state index in [0.717, 1.165) is 26.9 Å². The van der Waals surface area contributed by atoms with Gasteiger partial charge in [0, 0.05) is 27.4 Å². The van der Waals surface area contributed by atoms with Crippen molar-refractivity contribution in [3.63, 3.8) is 0 Å². The first-order valence-corrected chi connectivity index (χ1v) is 7.26. The summed E-state index contributed by atoms with van der Waals surface area (Å²) in [5.74, 6) is 0. The molecule has 1 heterocycles. The van der Waals surface area contributed by atoms with Gasteiger partial charge in [-0.25, -0.2) is 0 Å². The molecule has 0 saturated heterocycles. The van der Waals surface area contributed by atoms with Gasteiger partial charge in [-0.05, 0) is 75.0 Å². The molecule has 2 rings (SSSR count). The molecule has 0 spiro atoms. The molecule has 2 aromatic rings. The zero-order valence-electron chi connectivity index (χ0n) is 10.3. The highest BCUT2D eigenvalue weighted by Gasteiger charge is 2.05. The second-order valence-electron chi connectivity index (χ2n) is 4.26. The van der Waals surface area contributed by atoms with Gasteiger partial charge in [-0.1, -0.05) is 6.07 Å². The Morgan fingerprint density at radius 3 is 2.33 bits per heavy atom. The molecule has 1 aromatic heterocycles. The van der Waals surface area contributed by atoms with Gasteiger partial charge in [0.05, 0.1) is 5.69 Å². The summed E-state index contributed by atoms with van der Waals surface area (Å²) >= 11 is 7.15. The van der Waals surface area contributed by atoms with E-state index in [1.807, 2.05) is 19.2 Å². The second-order valence-corrected chi connectivity index (χ2v) is 5.97. The van der Waals surface area contributed by atoms with Crippen LogP contribution in [-0.2, 0) is 6.54 Å². The molecule has 0 saturated carbocycles. The molecular weight excluding hydrogens is 356 g/mol. The first kappa shape index (κ1) is 13.6. The lowest BCUT2D eigenvalue weighted by Crippen LogP contribution is -2.01. The molecule has 1 N–H and O–H groups in total. The van der Waals surface area contributed by atoms with E-state index >= 15 is 0 Å². The molecule has 2 nitrogen and oxygen atoms in total. The van der Waals surface area contributed by atoms with E-state index in [1.165, 1.54) is 11.1 Å². The van der Waals surface area contributed by atoms with E-state index < -0.39 is 0 Å². The topological polar surface area (TPSA) is 24.9 Å². The maximum atomic E-state index is 4.29. The Morgan fingerprint density at radius 2 is 1.78 bits per heavy atom. The van der Waals surface area contributed by atoms with Crippen molar-refractivity contribution in [2.75, 3.05) is 5.32 Å². The minimum Gasteiger partial charge on any atom is -0.379 e. The lowest BCUT2D eigenvalue weighted by atomic mass is 10.2. The lowest BCUT2D eigenvalue weighted by molar-refractivity contribution is 1.08. The predicted molar refractivity (Wildman–Crippen MR) is 82.9 cm³/mol. The number of benzene rings is 1. The van der Waals surface area contributed by atoms with Crippen molar-refractivity contribution in [3.05, 3.63) is 56.2 Å². The highest BCUT2D eigenvalue weighted by molar-refractivity contribution is 9.11. The average molecular weight is 370 g/mol. The van der Waals surface area contributed by atoms with Crippen molar-refractivity contribution < 1.29 is 0 Å². The number of hydrogen-bond donors (Lipinski definition) is 1. The Balaban J connectivity index is 2.13. The SMILES string of the molecule is Cc1cc(Br)c(NCc2ccc(C)nc2)c(Br)c1. The fourth-order valence-electron chi connectivity index (χ4n) is 1.66. The van der Waals surface area contributed by atoms with Gasteiger partial charge in [-0.2, -0.15) is 0 Å². The van der Waals surface area contributed by atoms with E-state index in [2.05, 4.69) is 67.3 Å². The van der Waals surface area contributed by atoms with Gasteiger partial charge in [0.15, 0.2) is 0 Å². The third-order valence-electron chi connectivity index (χ3n) is 2.63. The van der Waals surface area contributed by atoms with Gasteiger partial charge in [0.25, 0.3) is 0 Å². The Kier molecular flexibility index (Phi) is 4.40. The Bertz CT molecular complexity index is 527. The average Bonchev–Trinajstić information content (AvgIpc) is 2.30. The molecule has 0 fully saturated rings. The number of nitrogens with zero attached hydrogens (tertiary/aromatic N) is 1. The summed E-state index contributed by atoms with van der Waals surface area (Å²) in [6, 6.07) is 8.31. The number of hydrogen-bond acceptors (Lipinski definition) is 2. The summed E-state index contributed by atoms with van der Waals surface area (Å²) < 4.78 is 2.13. The molecular formula is C14H14Br2N2. The fourth-order valence-corrected chi connectivity index (χ4v) is 3.36. The van der Waals surface area contributed by atoms with Crippen molar-refractivity contribution in [2.45, 2.75) is 20.4 Å². The summed E-state index contributed by atoms with van der Waals surface area (Å²) in [6.07, 6.45) is 1.90. The van der Waals surface area contributed by atoms with E-state index in [9.17, 15) is 0 Å². The number of aryl methyl sites for hydroxylation is 2. The molecule has 0 bridgehead atoms. The van der Waals surface area contributed by atoms with Crippen LogP contribution < -0.4 is 5.32 Å². The van der Waals surface area contributed by atoms with E-state index in [1.54, 1.807) is 0 Å². The molecule has 0 unspecified atom stereocenters. The summed E-state index contributed by atoms with van der Waals surface area (Å²) in [6.45, 7) is 4.82. The smallest absolute Gasteiger partial charge is 0.0631 e. The van der Waals surface area contributed by atoms with Gasteiger partial charge >= 0.3 is 0 Å². The Morgan fingerprint density at radius 1 is 1.11 bits per heavy atom. The highest BCUT2D eigenvalue weighted by Crippen LogP contribution is 2.32. The van der Waals surface area contributed by atoms with E-state index in [-0.39, 0.29) is 0 Å². The second kappa shape index (κ2) is 5.85. The van der Waals surface area contributed by atoms with Crippen LogP contribution in [0.3, 0.4) is 0 Å². The van der Waals surface area contributed by atoms with Gasteiger partial charge in [-0.3, -0.25) is 4.98 Å². The summed E-state index contributed by atoms with van der Waals surface area (Å²) in [7, 11) is 0. The molecule has 0 atom stereocenters. The largest absolute Gasteiger partial charge is 0.379 e. The van der Waals surface area contributed by atoms with Crippen LogP contribution in [0, 0.1) is 13.8 Å². The molecule has 18 heavy (non-hydrogen) atoms. The number of nitrogens with one attached hydrogen (secondary N) is 1. The zero-order chi connectivity index (χ0) is 13.1. The molecule has 94 valence electrons. The van der Waals surface area contributed by atoms with Crippen LogP contribution >= 0.6 is 31.9 Å². The molecule has 0 amide bonds. The summed E-state index contributed by atoms with van der Waals surface area (Å²) in [4.78, 5) is 4.29. The van der Waals surface area contributed by atoms with Crippen molar-refractivity contribution in [3.8, 4) is 0 Å². The molecule has 4 heteroatoms. The molecule has 1 aromatic carbocycles. The number of rotatable bonds is 3. The minimum atomic E-state index is 0.757. The van der Waals surface area contributed by atoms with E-state index in [0.29, 0.717) is 0 Å². The molecule has 0 aliphatic carbocycles. The normalized spacial score (nSPS) is 10.4. The minimum absolute atomic E-state index is 0.757. The number of halogens is 2. The van der Waals surface area contributed by atoms with Crippen molar-refractivity contribution in [1.29, 1.82) is 0 Å². The zero-order valence-corrected chi connectivity index (χ0v) is 13.5. The van der Waals surface area contributed by atoms with Crippen LogP contribution in [0.25, 0.3) is 0 Å². The summed E-state index contributed by atoms with van der Waals surface area (Å²) in [5, 5.41) is 3.41.